The highest BCUT2D eigenvalue weighted by Crippen LogP contribution is 2.30. The number of rotatable bonds is 9. The van der Waals surface area contributed by atoms with Crippen LogP contribution in [0.1, 0.15) is 5.56 Å². The lowest BCUT2D eigenvalue weighted by molar-refractivity contribution is -0.113. The van der Waals surface area contributed by atoms with Gasteiger partial charge in [-0.2, -0.15) is 4.31 Å². The van der Waals surface area contributed by atoms with Crippen molar-refractivity contribution in [2.24, 2.45) is 0 Å². The molecule has 1 aliphatic heterocycles. The first-order valence-electron chi connectivity index (χ1n) is 11.6. The number of piperazine rings is 1. The van der Waals surface area contributed by atoms with E-state index >= 15 is 0 Å². The van der Waals surface area contributed by atoms with Crippen LogP contribution >= 0.6 is 35.0 Å². The summed E-state index contributed by atoms with van der Waals surface area (Å²) in [7, 11) is -2.01. The fourth-order valence-electron chi connectivity index (χ4n) is 4.01. The summed E-state index contributed by atoms with van der Waals surface area (Å²) in [5.74, 6) is 1.46. The number of thioether (sulfide) groups is 1. The van der Waals surface area contributed by atoms with Gasteiger partial charge in [0.05, 0.1) is 33.5 Å². The molecule has 0 unspecified atom stereocenters. The van der Waals surface area contributed by atoms with Crippen LogP contribution in [-0.2, 0) is 20.6 Å². The third-order valence-corrected chi connectivity index (χ3v) is 9.58. The molecule has 1 fully saturated rings. The summed E-state index contributed by atoms with van der Waals surface area (Å²) in [6.45, 7) is 1.87. The minimum Gasteiger partial charge on any atom is -0.495 e. The fourth-order valence-corrected chi connectivity index (χ4v) is 6.53. The molecule has 37 heavy (non-hydrogen) atoms. The van der Waals surface area contributed by atoms with Gasteiger partial charge in [0.15, 0.2) is 0 Å². The zero-order valence-electron chi connectivity index (χ0n) is 20.2. The van der Waals surface area contributed by atoms with Gasteiger partial charge in [-0.3, -0.25) is 4.79 Å². The van der Waals surface area contributed by atoms with Crippen molar-refractivity contribution in [1.29, 1.82) is 0 Å². The number of sulfonamides is 1. The molecule has 196 valence electrons. The summed E-state index contributed by atoms with van der Waals surface area (Å²) in [5, 5.41) is 3.79. The van der Waals surface area contributed by atoms with Crippen molar-refractivity contribution in [3.63, 3.8) is 0 Å². The average Bonchev–Trinajstić information content (AvgIpc) is 2.91. The maximum absolute atomic E-state index is 13.2. The van der Waals surface area contributed by atoms with E-state index in [-0.39, 0.29) is 16.6 Å². The van der Waals surface area contributed by atoms with Crippen molar-refractivity contribution in [1.82, 2.24) is 4.31 Å². The third-order valence-electron chi connectivity index (χ3n) is 5.93. The van der Waals surface area contributed by atoms with Gasteiger partial charge in [-0.25, -0.2) is 8.42 Å². The molecule has 0 aromatic heterocycles. The predicted octanol–water partition coefficient (Wildman–Crippen LogP) is 5.38. The molecule has 3 aromatic carbocycles. The van der Waals surface area contributed by atoms with Crippen LogP contribution in [0.2, 0.25) is 10.0 Å². The standard InChI is InChI=1S/C26H27Cl2N3O4S2/c1-35-25-5-3-2-4-24(25)30-12-14-31(15-13-30)37(33,34)21-9-7-20(8-10-21)29-26(32)18-36-17-19-6-11-22(27)23(28)16-19/h2-11,16H,12-15,17-18H2,1H3,(H,29,32). The first-order valence-corrected chi connectivity index (χ1v) is 14.9. The number of halogens is 2. The summed E-state index contributed by atoms with van der Waals surface area (Å²) < 4.78 is 33.3. The Hall–Kier alpha value is -2.43. The zero-order valence-corrected chi connectivity index (χ0v) is 23.3. The Kier molecular flexibility index (Phi) is 9.26. The van der Waals surface area contributed by atoms with Gasteiger partial charge in [0, 0.05) is 37.6 Å². The lowest BCUT2D eigenvalue weighted by Crippen LogP contribution is -2.48. The quantitative estimate of drug-likeness (QED) is 0.366. The van der Waals surface area contributed by atoms with E-state index in [1.54, 1.807) is 31.4 Å². The molecule has 1 amide bonds. The van der Waals surface area contributed by atoms with Gasteiger partial charge in [-0.05, 0) is 54.1 Å². The maximum Gasteiger partial charge on any atom is 0.243 e. The third kappa shape index (κ3) is 6.91. The van der Waals surface area contributed by atoms with Gasteiger partial charge >= 0.3 is 0 Å². The van der Waals surface area contributed by atoms with E-state index < -0.39 is 10.0 Å². The van der Waals surface area contributed by atoms with Crippen LogP contribution in [-0.4, -0.2) is 57.7 Å². The van der Waals surface area contributed by atoms with Gasteiger partial charge < -0.3 is 15.0 Å². The number of carbonyl (C=O) groups is 1. The van der Waals surface area contributed by atoms with Crippen molar-refractivity contribution < 1.29 is 17.9 Å². The van der Waals surface area contributed by atoms with E-state index in [9.17, 15) is 13.2 Å². The lowest BCUT2D eigenvalue weighted by Gasteiger charge is -2.35. The van der Waals surface area contributed by atoms with Crippen molar-refractivity contribution in [3.8, 4) is 5.75 Å². The van der Waals surface area contributed by atoms with E-state index in [1.807, 2.05) is 30.3 Å². The number of nitrogens with zero attached hydrogens (tertiary/aromatic N) is 2. The molecule has 0 bridgehead atoms. The molecule has 11 heteroatoms. The molecular formula is C26H27Cl2N3O4S2. The molecule has 1 heterocycles. The highest BCUT2D eigenvalue weighted by molar-refractivity contribution is 7.99. The number of hydrogen-bond donors (Lipinski definition) is 1. The van der Waals surface area contributed by atoms with Crippen LogP contribution in [0.3, 0.4) is 0 Å². The fraction of sp³-hybridized carbons (Fsp3) is 0.269. The molecule has 0 spiro atoms. The largest absolute Gasteiger partial charge is 0.495 e. The normalized spacial score (nSPS) is 14.4. The molecular weight excluding hydrogens is 553 g/mol. The predicted molar refractivity (Wildman–Crippen MR) is 152 cm³/mol. The first kappa shape index (κ1) is 27.6. The second-order valence-electron chi connectivity index (χ2n) is 8.38. The van der Waals surface area contributed by atoms with E-state index in [0.29, 0.717) is 47.7 Å². The molecule has 0 atom stereocenters. The van der Waals surface area contributed by atoms with Crippen molar-refractivity contribution in [3.05, 3.63) is 82.3 Å². The number of hydrogen-bond acceptors (Lipinski definition) is 6. The van der Waals surface area contributed by atoms with Crippen LogP contribution in [0.15, 0.2) is 71.6 Å². The Morgan fingerprint density at radius 2 is 1.68 bits per heavy atom. The topological polar surface area (TPSA) is 79.0 Å². The van der Waals surface area contributed by atoms with Gasteiger partial charge in [0.1, 0.15) is 5.75 Å². The highest BCUT2D eigenvalue weighted by atomic mass is 35.5. The lowest BCUT2D eigenvalue weighted by atomic mass is 10.2. The van der Waals surface area contributed by atoms with Crippen LogP contribution in [0.5, 0.6) is 5.75 Å². The summed E-state index contributed by atoms with van der Waals surface area (Å²) in [5.41, 5.74) is 2.47. The molecule has 0 radical (unpaired) electrons. The molecule has 1 aliphatic rings. The van der Waals surface area contributed by atoms with E-state index in [1.165, 1.54) is 28.2 Å². The number of para-hydroxylation sites is 2. The van der Waals surface area contributed by atoms with Gasteiger partial charge in [0.25, 0.3) is 0 Å². The smallest absolute Gasteiger partial charge is 0.243 e. The molecule has 0 saturated carbocycles. The number of amides is 1. The number of ether oxygens (including phenoxy) is 1. The number of nitrogens with one attached hydrogen (secondary N) is 1. The van der Waals surface area contributed by atoms with Crippen LogP contribution in [0.4, 0.5) is 11.4 Å². The molecule has 0 aliphatic carbocycles. The van der Waals surface area contributed by atoms with Crippen molar-refractivity contribution in [2.75, 3.05) is 49.3 Å². The second kappa shape index (κ2) is 12.4. The number of methoxy groups -OCH3 is 1. The molecule has 7 nitrogen and oxygen atoms in total. The van der Waals surface area contributed by atoms with Gasteiger partial charge in [0.2, 0.25) is 15.9 Å². The van der Waals surface area contributed by atoms with Crippen LogP contribution < -0.4 is 15.0 Å². The minimum atomic E-state index is -3.64. The van der Waals surface area contributed by atoms with Crippen LogP contribution in [0.25, 0.3) is 0 Å². The Bertz CT molecular complexity index is 1350. The Morgan fingerprint density at radius 3 is 2.35 bits per heavy atom. The maximum atomic E-state index is 13.2. The minimum absolute atomic E-state index is 0.173. The number of benzene rings is 3. The zero-order chi connectivity index (χ0) is 26.4. The highest BCUT2D eigenvalue weighted by Gasteiger charge is 2.29. The van der Waals surface area contributed by atoms with Gasteiger partial charge in [-0.1, -0.05) is 41.4 Å². The first-order chi connectivity index (χ1) is 17.8. The summed E-state index contributed by atoms with van der Waals surface area (Å²) >= 11 is 13.4. The second-order valence-corrected chi connectivity index (χ2v) is 12.1. The van der Waals surface area contributed by atoms with E-state index in [2.05, 4.69) is 10.2 Å². The summed E-state index contributed by atoms with van der Waals surface area (Å²) in [4.78, 5) is 14.7. The summed E-state index contributed by atoms with van der Waals surface area (Å²) in [6, 6.07) is 19.4. The SMILES string of the molecule is COc1ccccc1N1CCN(S(=O)(=O)c2ccc(NC(=O)CSCc3ccc(Cl)c(Cl)c3)cc2)CC1. The summed E-state index contributed by atoms with van der Waals surface area (Å²) in [6.07, 6.45) is 0. The Morgan fingerprint density at radius 1 is 0.973 bits per heavy atom. The van der Waals surface area contributed by atoms with Crippen LogP contribution in [0, 0.1) is 0 Å². The molecule has 4 rings (SSSR count). The van der Waals surface area contributed by atoms with E-state index in [4.69, 9.17) is 27.9 Å². The Labute approximate surface area is 231 Å². The molecule has 1 N–H and O–H groups in total. The van der Waals surface area contributed by atoms with E-state index in [0.717, 1.165) is 17.0 Å². The molecule has 3 aromatic rings. The van der Waals surface area contributed by atoms with Crippen molar-refractivity contribution >= 4 is 62.3 Å². The van der Waals surface area contributed by atoms with Crippen molar-refractivity contribution in [2.45, 2.75) is 10.6 Å². The molecule has 1 saturated heterocycles. The number of carbonyl (C=O) groups excluding carboxylic acids is 1. The average molecular weight is 581 g/mol. The monoisotopic (exact) mass is 579 g/mol. The van der Waals surface area contributed by atoms with Gasteiger partial charge in [-0.15, -0.1) is 11.8 Å². The number of anilines is 2. The Balaban J connectivity index is 1.29.